The van der Waals surface area contributed by atoms with Crippen LogP contribution in [0.4, 0.5) is 5.69 Å². The number of thioether (sulfide) groups is 1. The Morgan fingerprint density at radius 1 is 1.19 bits per heavy atom. The van der Waals surface area contributed by atoms with Crippen molar-refractivity contribution < 1.29 is 4.79 Å². The summed E-state index contributed by atoms with van der Waals surface area (Å²) in [6.07, 6.45) is 0. The summed E-state index contributed by atoms with van der Waals surface area (Å²) in [5.74, 6) is 0.616. The second-order valence-corrected chi connectivity index (χ2v) is 7.94. The number of carbonyl (C=O) groups is 1. The quantitative estimate of drug-likeness (QED) is 0.542. The molecule has 0 unspecified atom stereocenters. The maximum Gasteiger partial charge on any atom is 0.237 e. The van der Waals surface area contributed by atoms with Gasteiger partial charge in [0, 0.05) is 17.1 Å². The van der Waals surface area contributed by atoms with Crippen molar-refractivity contribution >= 4 is 46.6 Å². The molecule has 0 saturated carbocycles. The van der Waals surface area contributed by atoms with Crippen molar-refractivity contribution in [2.45, 2.75) is 30.8 Å². The second-order valence-electron chi connectivity index (χ2n) is 5.79. The standard InChI is InChI=1S/C19H18Cl2N4OS/c1-3-25-17(13-7-5-4-6-8-13)23-24-19(25)27-12(2)18(26)22-16-10-9-14(20)11-15(16)21/h4-12H,3H2,1-2H3,(H,22,26)/t12-/m0/s1. The predicted octanol–water partition coefficient (Wildman–Crippen LogP) is 5.39. The SMILES string of the molecule is CCn1c(S[C@@H](C)C(=O)Nc2ccc(Cl)cc2Cl)nnc1-c1ccccc1. The van der Waals surface area contributed by atoms with E-state index in [1.807, 2.05) is 48.7 Å². The fraction of sp³-hybridized carbons (Fsp3) is 0.211. The molecule has 1 N–H and O–H groups in total. The smallest absolute Gasteiger partial charge is 0.237 e. The first-order chi connectivity index (χ1) is 13.0. The van der Waals surface area contributed by atoms with Crippen LogP contribution in [-0.2, 0) is 11.3 Å². The summed E-state index contributed by atoms with van der Waals surface area (Å²) < 4.78 is 2.00. The van der Waals surface area contributed by atoms with Crippen molar-refractivity contribution in [1.82, 2.24) is 14.8 Å². The van der Waals surface area contributed by atoms with Crippen molar-refractivity contribution in [1.29, 1.82) is 0 Å². The number of nitrogens with zero attached hydrogens (tertiary/aromatic N) is 3. The zero-order valence-corrected chi connectivity index (χ0v) is 17.1. The minimum atomic E-state index is -0.380. The van der Waals surface area contributed by atoms with Crippen LogP contribution in [-0.4, -0.2) is 25.9 Å². The van der Waals surface area contributed by atoms with E-state index in [0.29, 0.717) is 27.4 Å². The summed E-state index contributed by atoms with van der Waals surface area (Å²) in [6, 6.07) is 14.8. The number of carbonyl (C=O) groups excluding carboxylic acids is 1. The highest BCUT2D eigenvalue weighted by atomic mass is 35.5. The van der Waals surface area contributed by atoms with E-state index in [-0.39, 0.29) is 11.2 Å². The van der Waals surface area contributed by atoms with Gasteiger partial charge in [0.25, 0.3) is 0 Å². The summed E-state index contributed by atoms with van der Waals surface area (Å²) >= 11 is 13.4. The zero-order valence-electron chi connectivity index (χ0n) is 14.8. The Morgan fingerprint density at radius 3 is 2.59 bits per heavy atom. The zero-order chi connectivity index (χ0) is 19.4. The first-order valence-corrected chi connectivity index (χ1v) is 10.0. The topological polar surface area (TPSA) is 59.8 Å². The Hall–Kier alpha value is -2.02. The molecule has 0 bridgehead atoms. The van der Waals surface area contributed by atoms with Gasteiger partial charge in [-0.15, -0.1) is 10.2 Å². The molecule has 8 heteroatoms. The number of nitrogens with one attached hydrogen (secondary N) is 1. The molecule has 5 nitrogen and oxygen atoms in total. The molecule has 0 aliphatic rings. The van der Waals surface area contributed by atoms with E-state index >= 15 is 0 Å². The Balaban J connectivity index is 1.75. The minimum Gasteiger partial charge on any atom is -0.324 e. The van der Waals surface area contributed by atoms with Crippen LogP contribution in [0.3, 0.4) is 0 Å². The average molecular weight is 421 g/mol. The normalized spacial score (nSPS) is 12.0. The number of amides is 1. The number of rotatable bonds is 6. The van der Waals surface area contributed by atoms with Gasteiger partial charge >= 0.3 is 0 Å². The third-order valence-corrected chi connectivity index (χ3v) is 5.53. The summed E-state index contributed by atoms with van der Waals surface area (Å²) in [5.41, 5.74) is 1.52. The molecule has 0 fully saturated rings. The fourth-order valence-corrected chi connectivity index (χ4v) is 3.87. The highest BCUT2D eigenvalue weighted by Crippen LogP contribution is 2.29. The number of aromatic nitrogens is 3. The Kier molecular flexibility index (Phi) is 6.42. The molecule has 0 spiro atoms. The van der Waals surface area contributed by atoms with Crippen LogP contribution in [0.5, 0.6) is 0 Å². The maximum absolute atomic E-state index is 12.5. The number of halogens is 2. The van der Waals surface area contributed by atoms with Crippen LogP contribution in [0.2, 0.25) is 10.0 Å². The van der Waals surface area contributed by atoms with E-state index in [4.69, 9.17) is 23.2 Å². The van der Waals surface area contributed by atoms with Gasteiger partial charge in [0.1, 0.15) is 0 Å². The number of anilines is 1. The summed E-state index contributed by atoms with van der Waals surface area (Å²) in [6.45, 7) is 4.55. The molecular formula is C19H18Cl2N4OS. The average Bonchev–Trinajstić information content (AvgIpc) is 3.07. The van der Waals surface area contributed by atoms with Gasteiger partial charge in [-0.05, 0) is 32.0 Å². The molecular weight excluding hydrogens is 403 g/mol. The van der Waals surface area contributed by atoms with Crippen molar-refractivity contribution in [3.05, 3.63) is 58.6 Å². The van der Waals surface area contributed by atoms with Crippen LogP contribution in [0, 0.1) is 0 Å². The first-order valence-electron chi connectivity index (χ1n) is 8.40. The predicted molar refractivity (Wildman–Crippen MR) is 112 cm³/mol. The summed E-state index contributed by atoms with van der Waals surface area (Å²) in [5, 5.41) is 12.6. The minimum absolute atomic E-state index is 0.170. The van der Waals surface area contributed by atoms with Gasteiger partial charge in [0.15, 0.2) is 11.0 Å². The first kappa shape index (κ1) is 19.7. The molecule has 3 aromatic rings. The number of hydrogen-bond acceptors (Lipinski definition) is 4. The molecule has 140 valence electrons. The lowest BCUT2D eigenvalue weighted by Gasteiger charge is -2.13. The molecule has 0 aliphatic carbocycles. The Labute approximate surface area is 172 Å². The van der Waals surface area contributed by atoms with Gasteiger partial charge < -0.3 is 9.88 Å². The molecule has 1 amide bonds. The third kappa shape index (κ3) is 4.64. The van der Waals surface area contributed by atoms with E-state index in [9.17, 15) is 4.79 Å². The summed E-state index contributed by atoms with van der Waals surface area (Å²) in [7, 11) is 0. The fourth-order valence-electron chi connectivity index (χ4n) is 2.50. The molecule has 1 aromatic heterocycles. The van der Waals surface area contributed by atoms with Gasteiger partial charge in [0.05, 0.1) is 16.0 Å². The van der Waals surface area contributed by atoms with E-state index in [2.05, 4.69) is 15.5 Å². The van der Waals surface area contributed by atoms with Crippen LogP contribution >= 0.6 is 35.0 Å². The van der Waals surface area contributed by atoms with Crippen molar-refractivity contribution in [3.63, 3.8) is 0 Å². The molecule has 0 aliphatic heterocycles. The van der Waals surface area contributed by atoms with Crippen molar-refractivity contribution in [3.8, 4) is 11.4 Å². The Bertz CT molecular complexity index is 946. The lowest BCUT2D eigenvalue weighted by molar-refractivity contribution is -0.115. The van der Waals surface area contributed by atoms with Gasteiger partial charge in [-0.2, -0.15) is 0 Å². The van der Waals surface area contributed by atoms with E-state index in [1.54, 1.807) is 18.2 Å². The van der Waals surface area contributed by atoms with Gasteiger partial charge in [0.2, 0.25) is 5.91 Å². The molecule has 27 heavy (non-hydrogen) atoms. The monoisotopic (exact) mass is 420 g/mol. The molecule has 3 rings (SSSR count). The lowest BCUT2D eigenvalue weighted by atomic mass is 10.2. The number of hydrogen-bond donors (Lipinski definition) is 1. The number of benzene rings is 2. The lowest BCUT2D eigenvalue weighted by Crippen LogP contribution is -2.23. The molecule has 1 heterocycles. The van der Waals surface area contributed by atoms with E-state index in [0.717, 1.165) is 11.4 Å². The van der Waals surface area contributed by atoms with Gasteiger partial charge in [-0.3, -0.25) is 4.79 Å². The van der Waals surface area contributed by atoms with Crippen LogP contribution in [0.25, 0.3) is 11.4 Å². The van der Waals surface area contributed by atoms with Crippen LogP contribution in [0.1, 0.15) is 13.8 Å². The van der Waals surface area contributed by atoms with Gasteiger partial charge in [-0.1, -0.05) is 65.3 Å². The highest BCUT2D eigenvalue weighted by molar-refractivity contribution is 8.00. The van der Waals surface area contributed by atoms with E-state index < -0.39 is 0 Å². The molecule has 0 radical (unpaired) electrons. The molecule has 0 saturated heterocycles. The maximum atomic E-state index is 12.5. The van der Waals surface area contributed by atoms with E-state index in [1.165, 1.54) is 11.8 Å². The van der Waals surface area contributed by atoms with Gasteiger partial charge in [-0.25, -0.2) is 0 Å². The third-order valence-electron chi connectivity index (χ3n) is 3.91. The highest BCUT2D eigenvalue weighted by Gasteiger charge is 2.21. The van der Waals surface area contributed by atoms with Crippen LogP contribution < -0.4 is 5.32 Å². The molecule has 1 atom stereocenters. The largest absolute Gasteiger partial charge is 0.324 e. The van der Waals surface area contributed by atoms with Crippen molar-refractivity contribution in [2.24, 2.45) is 0 Å². The van der Waals surface area contributed by atoms with Crippen LogP contribution in [0.15, 0.2) is 53.7 Å². The van der Waals surface area contributed by atoms with Crippen molar-refractivity contribution in [2.75, 3.05) is 5.32 Å². The summed E-state index contributed by atoms with van der Waals surface area (Å²) in [4.78, 5) is 12.5. The molecule has 2 aromatic carbocycles. The Morgan fingerprint density at radius 2 is 1.93 bits per heavy atom. The second kappa shape index (κ2) is 8.78.